The molecule has 4 rings (SSSR count). The van der Waals surface area contributed by atoms with E-state index >= 15 is 0 Å². The molecule has 0 radical (unpaired) electrons. The van der Waals surface area contributed by atoms with Crippen LogP contribution in [0.4, 0.5) is 13.2 Å². The van der Waals surface area contributed by atoms with Crippen molar-refractivity contribution < 1.29 is 27.5 Å². The maximum atomic E-state index is 13.7. The fourth-order valence-electron chi connectivity index (χ4n) is 4.56. The zero-order valence-electron chi connectivity index (χ0n) is 22.0. The second-order valence-corrected chi connectivity index (χ2v) is 9.93. The molecule has 0 aliphatic heterocycles. The Bertz CT molecular complexity index is 1270. The van der Waals surface area contributed by atoms with E-state index in [1.54, 1.807) is 6.07 Å². The molecule has 0 bridgehead atoms. The average molecular weight is 537 g/mol. The third-order valence-electron chi connectivity index (χ3n) is 6.94. The van der Waals surface area contributed by atoms with Crippen LogP contribution >= 0.6 is 0 Å². The number of aryl methyl sites for hydroxylation is 1. The third kappa shape index (κ3) is 6.54. The van der Waals surface area contributed by atoms with E-state index in [2.05, 4.69) is 22.8 Å². The minimum atomic E-state index is -4.51. The summed E-state index contributed by atoms with van der Waals surface area (Å²) >= 11 is 0. The van der Waals surface area contributed by atoms with Gasteiger partial charge in [0.1, 0.15) is 5.75 Å². The molecule has 8 heteroatoms. The zero-order valence-corrected chi connectivity index (χ0v) is 22.0. The van der Waals surface area contributed by atoms with Gasteiger partial charge in [0.2, 0.25) is 5.91 Å². The van der Waals surface area contributed by atoms with Gasteiger partial charge in [-0.05, 0) is 74.6 Å². The summed E-state index contributed by atoms with van der Waals surface area (Å²) in [6, 6.07) is 23.1. The summed E-state index contributed by atoms with van der Waals surface area (Å²) in [7, 11) is 0. The number of hydrogen-bond acceptors (Lipinski definition) is 3. The Morgan fingerprint density at radius 1 is 1.03 bits per heavy atom. The maximum Gasteiger partial charge on any atom is 0.416 e. The van der Waals surface area contributed by atoms with Gasteiger partial charge in [0, 0.05) is 18.5 Å². The first-order valence-electron chi connectivity index (χ1n) is 13.0. The molecule has 0 aromatic heterocycles. The maximum absolute atomic E-state index is 13.7. The Labute approximate surface area is 226 Å². The molecule has 1 fully saturated rings. The van der Waals surface area contributed by atoms with Crippen molar-refractivity contribution in [3.63, 3.8) is 0 Å². The minimum Gasteiger partial charge on any atom is -0.459 e. The van der Waals surface area contributed by atoms with E-state index in [4.69, 9.17) is 4.74 Å². The van der Waals surface area contributed by atoms with Gasteiger partial charge in [-0.25, -0.2) is 0 Å². The number of rotatable bonds is 11. The number of ether oxygens (including phenoxy) is 1. The molecule has 3 aromatic rings. The molecule has 1 saturated carbocycles. The molecule has 0 spiro atoms. The van der Waals surface area contributed by atoms with Gasteiger partial charge in [0.25, 0.3) is 11.6 Å². The number of alkyl halides is 3. The number of carbonyl (C=O) groups is 2. The summed E-state index contributed by atoms with van der Waals surface area (Å²) in [5.74, 6) is -0.886. The number of halogens is 3. The molecule has 5 nitrogen and oxygen atoms in total. The average Bonchev–Trinajstić information content (AvgIpc) is 3.72. The first kappa shape index (κ1) is 28.0. The largest absolute Gasteiger partial charge is 0.459 e. The van der Waals surface area contributed by atoms with Gasteiger partial charge in [-0.15, -0.1) is 0 Å². The fraction of sp³-hybridized carbons (Fsp3) is 0.355. The lowest BCUT2D eigenvalue weighted by molar-refractivity contribution is -0.148. The van der Waals surface area contributed by atoms with E-state index in [0.717, 1.165) is 41.0 Å². The highest BCUT2D eigenvalue weighted by molar-refractivity contribution is 5.96. The van der Waals surface area contributed by atoms with Crippen molar-refractivity contribution in [2.45, 2.75) is 63.3 Å². The van der Waals surface area contributed by atoms with Crippen LogP contribution < -0.4 is 15.4 Å². The molecule has 1 atom stereocenters. The van der Waals surface area contributed by atoms with Crippen molar-refractivity contribution in [1.29, 1.82) is 0 Å². The molecule has 39 heavy (non-hydrogen) atoms. The molecule has 1 aliphatic carbocycles. The van der Waals surface area contributed by atoms with Crippen LogP contribution in [-0.4, -0.2) is 24.1 Å². The lowest BCUT2D eigenvalue weighted by atomic mass is 9.93. The van der Waals surface area contributed by atoms with Gasteiger partial charge in [0.05, 0.1) is 11.0 Å². The van der Waals surface area contributed by atoms with E-state index in [1.165, 1.54) is 0 Å². The van der Waals surface area contributed by atoms with Crippen molar-refractivity contribution in [3.05, 3.63) is 101 Å². The van der Waals surface area contributed by atoms with Crippen LogP contribution in [0.15, 0.2) is 66.7 Å². The summed E-state index contributed by atoms with van der Waals surface area (Å²) in [5.41, 5.74) is -0.682. The van der Waals surface area contributed by atoms with Crippen molar-refractivity contribution in [3.8, 4) is 5.75 Å². The van der Waals surface area contributed by atoms with Crippen molar-refractivity contribution in [1.82, 2.24) is 10.6 Å². The number of nitrogens with one attached hydrogen (secondary N) is 2. The number of hydrogen-bond donors (Lipinski definition) is 2. The molecule has 2 amide bonds. The van der Waals surface area contributed by atoms with E-state index in [1.807, 2.05) is 50.2 Å². The monoisotopic (exact) mass is 536 g/mol. The first-order valence-corrected chi connectivity index (χ1v) is 13.0. The molecule has 0 saturated heterocycles. The highest BCUT2D eigenvalue weighted by Gasteiger charge is 2.55. The van der Waals surface area contributed by atoms with E-state index in [0.29, 0.717) is 25.7 Å². The standard InChI is InChI=1S/C31H31F3N2O3/c1-3-18-30(28(38)35-21-17-23-7-5-4-6-8-23,39-26-15-13-25(14-16-26)31(32,33)34)36-27(37)29(19-20-29)24-11-9-22(2)10-12-24/h4-5,7,9-16H,3,17-21H2,1-2H3,(H,35,38)(H,36,37)/t30-/m0/s1. The Balaban J connectivity index is 1.61. The molecule has 2 N–H and O–H groups in total. The second-order valence-electron chi connectivity index (χ2n) is 9.93. The van der Waals surface area contributed by atoms with Crippen molar-refractivity contribution in [2.24, 2.45) is 0 Å². The molecular formula is C31H31F3N2O3. The van der Waals surface area contributed by atoms with Crippen LogP contribution in [0.2, 0.25) is 0 Å². The number of amides is 2. The SMILES string of the molecule is CCC[C@](NC(=O)C1(c2ccc(C)cc2)CC1)(Oc1ccc(C(F)(F)F)cc1)C(=O)NCCc1c#cccc1. The highest BCUT2D eigenvalue weighted by Crippen LogP contribution is 2.49. The van der Waals surface area contributed by atoms with Crippen LogP contribution in [-0.2, 0) is 27.6 Å². The molecule has 204 valence electrons. The van der Waals surface area contributed by atoms with Crippen LogP contribution in [0.5, 0.6) is 5.75 Å². The quantitative estimate of drug-likeness (QED) is 0.309. The zero-order chi connectivity index (χ0) is 28.1. The lowest BCUT2D eigenvalue weighted by Crippen LogP contribution is -2.64. The molecule has 1 aliphatic rings. The van der Waals surface area contributed by atoms with E-state index in [9.17, 15) is 22.8 Å². The summed E-state index contributed by atoms with van der Waals surface area (Å²) in [6.07, 6.45) is -2.22. The Kier molecular flexibility index (Phi) is 8.19. The van der Waals surface area contributed by atoms with Crippen LogP contribution in [0, 0.1) is 19.1 Å². The van der Waals surface area contributed by atoms with Gasteiger partial charge in [0.15, 0.2) is 0 Å². The molecule has 0 heterocycles. The summed E-state index contributed by atoms with van der Waals surface area (Å²) in [5, 5.41) is 5.72. The lowest BCUT2D eigenvalue weighted by Gasteiger charge is -2.35. The minimum absolute atomic E-state index is 0.0399. The number of carbonyl (C=O) groups excluding carboxylic acids is 2. The van der Waals surface area contributed by atoms with Crippen LogP contribution in [0.1, 0.15) is 54.9 Å². The third-order valence-corrected chi connectivity index (χ3v) is 6.94. The summed E-state index contributed by atoms with van der Waals surface area (Å²) < 4.78 is 45.4. The topological polar surface area (TPSA) is 67.4 Å². The normalized spacial score (nSPS) is 15.4. The first-order chi connectivity index (χ1) is 18.6. The fourth-order valence-corrected chi connectivity index (χ4v) is 4.56. The summed E-state index contributed by atoms with van der Waals surface area (Å²) in [4.78, 5) is 27.4. The van der Waals surface area contributed by atoms with Gasteiger partial charge >= 0.3 is 6.18 Å². The Hall–Kier alpha value is -3.99. The van der Waals surface area contributed by atoms with E-state index < -0.39 is 28.8 Å². The Morgan fingerprint density at radius 3 is 2.28 bits per heavy atom. The number of benzene rings is 2. The smallest absolute Gasteiger partial charge is 0.416 e. The predicted octanol–water partition coefficient (Wildman–Crippen LogP) is 5.70. The summed E-state index contributed by atoms with van der Waals surface area (Å²) in [6.45, 7) is 4.04. The van der Waals surface area contributed by atoms with Gasteiger partial charge in [-0.1, -0.05) is 55.0 Å². The van der Waals surface area contributed by atoms with Crippen LogP contribution in [0.3, 0.4) is 0 Å². The van der Waals surface area contributed by atoms with E-state index in [-0.39, 0.29) is 24.6 Å². The van der Waals surface area contributed by atoms with Gasteiger partial charge < -0.3 is 15.4 Å². The highest BCUT2D eigenvalue weighted by atomic mass is 19.4. The van der Waals surface area contributed by atoms with Crippen molar-refractivity contribution in [2.75, 3.05) is 6.54 Å². The van der Waals surface area contributed by atoms with Crippen LogP contribution in [0.25, 0.3) is 0 Å². The van der Waals surface area contributed by atoms with Gasteiger partial charge in [-0.3, -0.25) is 9.59 Å². The second kappa shape index (κ2) is 11.4. The van der Waals surface area contributed by atoms with Crippen molar-refractivity contribution >= 4 is 11.8 Å². The predicted molar refractivity (Wildman–Crippen MR) is 141 cm³/mol. The molecule has 3 aromatic carbocycles. The molecule has 0 unspecified atom stereocenters. The Morgan fingerprint density at radius 2 is 1.72 bits per heavy atom. The van der Waals surface area contributed by atoms with Gasteiger partial charge in [-0.2, -0.15) is 13.2 Å². The molecular weight excluding hydrogens is 505 g/mol.